The number of likely N-dealkylation sites (tertiary alicyclic amines) is 1. The Morgan fingerprint density at radius 1 is 1.22 bits per heavy atom. The summed E-state index contributed by atoms with van der Waals surface area (Å²) in [4.78, 5) is 15.3. The number of carbonyl (C=O) groups is 1. The Hall–Kier alpha value is -3.02. The molecule has 37 heavy (non-hydrogen) atoms. The number of aliphatic hydroxyl groups excluding tert-OH is 1. The van der Waals surface area contributed by atoms with E-state index in [1.807, 2.05) is 45.0 Å². The van der Waals surface area contributed by atoms with Crippen LogP contribution in [-0.2, 0) is 0 Å². The summed E-state index contributed by atoms with van der Waals surface area (Å²) in [6, 6.07) is 12.7. The normalized spacial score (nSPS) is 15.8. The van der Waals surface area contributed by atoms with Crippen molar-refractivity contribution in [1.29, 1.82) is 0 Å². The van der Waals surface area contributed by atoms with E-state index in [1.165, 1.54) is 7.11 Å². The molecule has 2 N–H and O–H groups in total. The Labute approximate surface area is 227 Å². The average molecular weight is 541 g/mol. The zero-order valence-corrected chi connectivity index (χ0v) is 22.8. The average Bonchev–Trinajstić information content (AvgIpc) is 3.42. The second kappa shape index (κ2) is 11.2. The number of aromatic nitrogens is 2. The summed E-state index contributed by atoms with van der Waals surface area (Å²) in [5.74, 6) is 6.26. The van der Waals surface area contributed by atoms with Gasteiger partial charge in [-0.25, -0.2) is 4.68 Å². The number of methoxy groups -OCH3 is 1. The molecule has 0 bridgehead atoms. The van der Waals surface area contributed by atoms with Crippen LogP contribution in [-0.4, -0.2) is 64.1 Å². The number of amides is 1. The fourth-order valence-electron chi connectivity index (χ4n) is 4.15. The van der Waals surface area contributed by atoms with Gasteiger partial charge in [0.1, 0.15) is 5.69 Å². The van der Waals surface area contributed by atoms with Gasteiger partial charge < -0.3 is 15.2 Å². The molecule has 1 aliphatic heterocycles. The number of ether oxygens (including phenoxy) is 1. The number of β-amino-alcohol motifs (C(OH)–C–C–N with tert-alkyl or cyclic N) is 1. The van der Waals surface area contributed by atoms with Gasteiger partial charge in [-0.05, 0) is 57.5 Å². The highest BCUT2D eigenvalue weighted by atomic mass is 35.5. The molecule has 0 radical (unpaired) electrons. The van der Waals surface area contributed by atoms with Crippen LogP contribution in [0.2, 0.25) is 10.0 Å². The standard InChI is InChI=1S/C28H30Cl2N4O3/c1-28(2,3)31-27(36)24-26(37-4)25(19-8-10-20(29)11-9-19)34(32-24)23-12-7-18(16-22(23)30)6-5-14-33-15-13-21(35)17-33/h7-12,16,21,35H,13-15,17H2,1-4H3,(H,31,36). The molecule has 9 heteroatoms. The molecule has 1 aliphatic rings. The molecule has 1 saturated heterocycles. The molecule has 4 rings (SSSR count). The minimum absolute atomic E-state index is 0.148. The van der Waals surface area contributed by atoms with Gasteiger partial charge in [-0.15, -0.1) is 0 Å². The van der Waals surface area contributed by atoms with Gasteiger partial charge in [0, 0.05) is 34.8 Å². The second-order valence-corrected chi connectivity index (χ2v) is 10.8. The predicted octanol–water partition coefficient (Wildman–Crippen LogP) is 4.80. The molecule has 0 spiro atoms. The highest BCUT2D eigenvalue weighted by Gasteiger charge is 2.28. The van der Waals surface area contributed by atoms with Gasteiger partial charge in [0.25, 0.3) is 5.91 Å². The first-order chi connectivity index (χ1) is 17.6. The van der Waals surface area contributed by atoms with Crippen molar-refractivity contribution in [3.63, 3.8) is 0 Å². The summed E-state index contributed by atoms with van der Waals surface area (Å²) in [5, 5.41) is 18.3. The van der Waals surface area contributed by atoms with E-state index in [9.17, 15) is 9.90 Å². The van der Waals surface area contributed by atoms with Crippen molar-refractivity contribution in [1.82, 2.24) is 20.0 Å². The number of hydrogen-bond donors (Lipinski definition) is 2. The lowest BCUT2D eigenvalue weighted by Crippen LogP contribution is -2.40. The molecular weight excluding hydrogens is 511 g/mol. The van der Waals surface area contributed by atoms with Crippen molar-refractivity contribution in [2.24, 2.45) is 0 Å². The van der Waals surface area contributed by atoms with E-state index < -0.39 is 5.54 Å². The SMILES string of the molecule is COc1c(C(=O)NC(C)(C)C)nn(-c2ccc(C#CCN3CCC(O)C3)cc2Cl)c1-c1ccc(Cl)cc1. The summed E-state index contributed by atoms with van der Waals surface area (Å²) in [6.07, 6.45) is 0.508. The lowest BCUT2D eigenvalue weighted by atomic mass is 10.1. The van der Waals surface area contributed by atoms with Gasteiger partial charge in [0.15, 0.2) is 11.4 Å². The van der Waals surface area contributed by atoms with Crippen LogP contribution in [0.5, 0.6) is 5.75 Å². The Balaban J connectivity index is 1.74. The third kappa shape index (κ3) is 6.46. The third-order valence-corrected chi connectivity index (χ3v) is 6.38. The van der Waals surface area contributed by atoms with Crippen molar-refractivity contribution in [2.45, 2.75) is 38.8 Å². The molecule has 1 unspecified atom stereocenters. The highest BCUT2D eigenvalue weighted by Crippen LogP contribution is 2.37. The summed E-state index contributed by atoms with van der Waals surface area (Å²) in [7, 11) is 1.51. The van der Waals surface area contributed by atoms with E-state index in [4.69, 9.17) is 27.9 Å². The summed E-state index contributed by atoms with van der Waals surface area (Å²) in [6.45, 7) is 7.77. The Morgan fingerprint density at radius 2 is 1.95 bits per heavy atom. The number of benzene rings is 2. The van der Waals surface area contributed by atoms with Crippen molar-refractivity contribution >= 4 is 29.1 Å². The third-order valence-electron chi connectivity index (χ3n) is 5.83. The maximum atomic E-state index is 13.1. The van der Waals surface area contributed by atoms with Gasteiger partial charge in [-0.1, -0.05) is 47.2 Å². The van der Waals surface area contributed by atoms with Gasteiger partial charge in [0.2, 0.25) is 0 Å². The number of halogens is 2. The van der Waals surface area contributed by atoms with E-state index in [0.717, 1.165) is 24.1 Å². The Bertz CT molecular complexity index is 1350. The molecule has 1 amide bonds. The van der Waals surface area contributed by atoms with Crippen LogP contribution in [0.4, 0.5) is 0 Å². The molecule has 0 aliphatic carbocycles. The van der Waals surface area contributed by atoms with E-state index in [1.54, 1.807) is 22.9 Å². The zero-order chi connectivity index (χ0) is 26.7. The quantitative estimate of drug-likeness (QED) is 0.454. The number of aliphatic hydroxyl groups is 1. The molecule has 0 saturated carbocycles. The number of carbonyl (C=O) groups excluding carboxylic acids is 1. The van der Waals surface area contributed by atoms with E-state index in [0.29, 0.717) is 40.3 Å². The van der Waals surface area contributed by atoms with Crippen molar-refractivity contribution in [2.75, 3.05) is 26.7 Å². The number of hydrogen-bond acceptors (Lipinski definition) is 5. The van der Waals surface area contributed by atoms with Crippen LogP contribution in [0.1, 0.15) is 43.2 Å². The Morgan fingerprint density at radius 3 is 2.54 bits per heavy atom. The maximum absolute atomic E-state index is 13.1. The minimum atomic E-state index is -0.461. The highest BCUT2D eigenvalue weighted by molar-refractivity contribution is 6.32. The molecule has 2 heterocycles. The van der Waals surface area contributed by atoms with Crippen LogP contribution in [0, 0.1) is 11.8 Å². The first-order valence-electron chi connectivity index (χ1n) is 12.0. The molecule has 1 fully saturated rings. The minimum Gasteiger partial charge on any atom is -0.492 e. The lowest BCUT2D eigenvalue weighted by Gasteiger charge is -2.19. The molecule has 1 atom stereocenters. The van der Waals surface area contributed by atoms with Crippen molar-refractivity contribution < 1.29 is 14.6 Å². The number of nitrogens with one attached hydrogen (secondary N) is 1. The lowest BCUT2D eigenvalue weighted by molar-refractivity contribution is 0.0911. The number of rotatable bonds is 5. The first kappa shape index (κ1) is 27.0. The summed E-state index contributed by atoms with van der Waals surface area (Å²) >= 11 is 12.9. The summed E-state index contributed by atoms with van der Waals surface area (Å²) in [5.41, 5.74) is 2.36. The fraction of sp³-hybridized carbons (Fsp3) is 0.357. The van der Waals surface area contributed by atoms with E-state index >= 15 is 0 Å². The second-order valence-electron chi connectivity index (χ2n) is 10.00. The Kier molecular flexibility index (Phi) is 8.15. The molecule has 194 valence electrons. The van der Waals surface area contributed by atoms with Gasteiger partial charge in [-0.2, -0.15) is 5.10 Å². The first-order valence-corrected chi connectivity index (χ1v) is 12.8. The fourth-order valence-corrected chi connectivity index (χ4v) is 4.53. The maximum Gasteiger partial charge on any atom is 0.276 e. The van der Waals surface area contributed by atoms with Crippen LogP contribution >= 0.6 is 23.2 Å². The topological polar surface area (TPSA) is 79.6 Å². The van der Waals surface area contributed by atoms with Crippen molar-refractivity contribution in [3.8, 4) is 34.5 Å². The largest absolute Gasteiger partial charge is 0.492 e. The van der Waals surface area contributed by atoms with Gasteiger partial charge in [-0.3, -0.25) is 9.69 Å². The van der Waals surface area contributed by atoms with Crippen LogP contribution in [0.3, 0.4) is 0 Å². The zero-order valence-electron chi connectivity index (χ0n) is 21.3. The van der Waals surface area contributed by atoms with Gasteiger partial charge >= 0.3 is 0 Å². The molecule has 2 aromatic carbocycles. The van der Waals surface area contributed by atoms with Crippen LogP contribution < -0.4 is 10.1 Å². The molecular formula is C28H30Cl2N4O3. The smallest absolute Gasteiger partial charge is 0.276 e. The monoisotopic (exact) mass is 540 g/mol. The predicted molar refractivity (Wildman–Crippen MR) is 147 cm³/mol. The van der Waals surface area contributed by atoms with Crippen molar-refractivity contribution in [3.05, 3.63) is 63.8 Å². The van der Waals surface area contributed by atoms with Crippen LogP contribution in [0.15, 0.2) is 42.5 Å². The molecule has 7 nitrogen and oxygen atoms in total. The summed E-state index contributed by atoms with van der Waals surface area (Å²) < 4.78 is 7.32. The molecule has 1 aromatic heterocycles. The van der Waals surface area contributed by atoms with E-state index in [2.05, 4.69) is 27.2 Å². The van der Waals surface area contributed by atoms with E-state index in [-0.39, 0.29) is 17.7 Å². The molecule has 3 aromatic rings. The number of nitrogens with zero attached hydrogens (tertiary/aromatic N) is 3. The van der Waals surface area contributed by atoms with Crippen LogP contribution in [0.25, 0.3) is 16.9 Å². The van der Waals surface area contributed by atoms with Gasteiger partial charge in [0.05, 0.1) is 30.5 Å².